The van der Waals surface area contributed by atoms with E-state index < -0.39 is 10.0 Å². The van der Waals surface area contributed by atoms with Gasteiger partial charge in [0.25, 0.3) is 0 Å². The molecule has 9 heteroatoms. The Morgan fingerprint density at radius 3 is 2.40 bits per heavy atom. The normalized spacial score (nSPS) is 14.6. The summed E-state index contributed by atoms with van der Waals surface area (Å²) in [5, 5.41) is 3.09. The second kappa shape index (κ2) is 8.76. The standard InChI is InChI=1S/C21H21FN4O3S/c22-17-5-7-18(8-6-17)29-20-11-12-23-21(25-20)24-15-16-3-9-19(10-4-16)30(27,28)26-13-1-2-14-26/h3-12H,1-2,13-15H2,(H,23,24,25). The lowest BCUT2D eigenvalue weighted by Gasteiger charge is -2.15. The van der Waals surface area contributed by atoms with Crippen LogP contribution in [0.25, 0.3) is 0 Å². The Balaban J connectivity index is 1.38. The summed E-state index contributed by atoms with van der Waals surface area (Å²) in [6, 6.07) is 14.0. The van der Waals surface area contributed by atoms with Crippen LogP contribution in [0.15, 0.2) is 65.7 Å². The topological polar surface area (TPSA) is 84.4 Å². The van der Waals surface area contributed by atoms with Gasteiger partial charge in [0.2, 0.25) is 21.9 Å². The van der Waals surface area contributed by atoms with E-state index in [1.165, 1.54) is 28.6 Å². The van der Waals surface area contributed by atoms with Gasteiger partial charge in [-0.2, -0.15) is 9.29 Å². The summed E-state index contributed by atoms with van der Waals surface area (Å²) in [6.07, 6.45) is 3.37. The molecule has 156 valence electrons. The molecule has 0 radical (unpaired) electrons. The Kier molecular flexibility index (Phi) is 5.91. The van der Waals surface area contributed by atoms with Gasteiger partial charge in [-0.05, 0) is 54.8 Å². The molecule has 30 heavy (non-hydrogen) atoms. The van der Waals surface area contributed by atoms with Gasteiger partial charge in [-0.3, -0.25) is 0 Å². The Labute approximate surface area is 174 Å². The van der Waals surface area contributed by atoms with Crippen LogP contribution >= 0.6 is 0 Å². The van der Waals surface area contributed by atoms with E-state index in [2.05, 4.69) is 15.3 Å². The molecular weight excluding hydrogens is 407 g/mol. The first-order valence-corrected chi connectivity index (χ1v) is 11.0. The number of hydrogen-bond donors (Lipinski definition) is 1. The van der Waals surface area contributed by atoms with Gasteiger partial charge < -0.3 is 10.1 Å². The summed E-state index contributed by atoms with van der Waals surface area (Å²) < 4.78 is 45.3. The van der Waals surface area contributed by atoms with Crippen LogP contribution in [0.2, 0.25) is 0 Å². The van der Waals surface area contributed by atoms with Gasteiger partial charge in [0.1, 0.15) is 11.6 Å². The number of halogens is 1. The van der Waals surface area contributed by atoms with E-state index in [1.807, 2.05) is 0 Å². The molecule has 4 rings (SSSR count). The van der Waals surface area contributed by atoms with E-state index in [0.717, 1.165) is 18.4 Å². The SMILES string of the molecule is O=S(=O)(c1ccc(CNc2nccc(Oc3ccc(F)cc3)n2)cc1)N1CCCC1. The Morgan fingerprint density at radius 1 is 1.00 bits per heavy atom. The molecule has 3 aromatic rings. The summed E-state index contributed by atoms with van der Waals surface area (Å²) in [7, 11) is -3.41. The van der Waals surface area contributed by atoms with Crippen molar-refractivity contribution in [1.29, 1.82) is 0 Å². The van der Waals surface area contributed by atoms with Crippen molar-refractivity contribution in [2.24, 2.45) is 0 Å². The summed E-state index contributed by atoms with van der Waals surface area (Å²) in [5.41, 5.74) is 0.892. The fourth-order valence-electron chi connectivity index (χ4n) is 3.15. The van der Waals surface area contributed by atoms with E-state index >= 15 is 0 Å². The molecule has 1 N–H and O–H groups in total. The molecule has 0 unspecified atom stereocenters. The highest BCUT2D eigenvalue weighted by Gasteiger charge is 2.26. The van der Waals surface area contributed by atoms with Crippen LogP contribution in [0, 0.1) is 5.82 Å². The highest BCUT2D eigenvalue weighted by atomic mass is 32.2. The van der Waals surface area contributed by atoms with Crippen molar-refractivity contribution < 1.29 is 17.5 Å². The maximum atomic E-state index is 13.0. The van der Waals surface area contributed by atoms with Crippen molar-refractivity contribution in [2.75, 3.05) is 18.4 Å². The summed E-state index contributed by atoms with van der Waals surface area (Å²) in [5.74, 6) is 0.817. The smallest absolute Gasteiger partial charge is 0.243 e. The van der Waals surface area contributed by atoms with E-state index in [4.69, 9.17) is 4.74 Å². The third-order valence-corrected chi connectivity index (χ3v) is 6.66. The predicted molar refractivity (Wildman–Crippen MR) is 110 cm³/mol. The molecule has 0 saturated carbocycles. The van der Waals surface area contributed by atoms with Gasteiger partial charge in [0.15, 0.2) is 0 Å². The maximum Gasteiger partial charge on any atom is 0.243 e. The van der Waals surface area contributed by atoms with E-state index in [0.29, 0.717) is 42.1 Å². The average Bonchev–Trinajstić information content (AvgIpc) is 3.31. The zero-order chi connectivity index (χ0) is 21.0. The third-order valence-electron chi connectivity index (χ3n) is 4.74. The molecule has 1 aliphatic heterocycles. The van der Waals surface area contributed by atoms with E-state index in [-0.39, 0.29) is 5.82 Å². The van der Waals surface area contributed by atoms with Crippen molar-refractivity contribution in [1.82, 2.24) is 14.3 Å². The number of rotatable bonds is 7. The lowest BCUT2D eigenvalue weighted by molar-refractivity contribution is 0.460. The van der Waals surface area contributed by atoms with Crippen molar-refractivity contribution in [3.63, 3.8) is 0 Å². The molecule has 0 bridgehead atoms. The predicted octanol–water partition coefficient (Wildman–Crippen LogP) is 3.80. The van der Waals surface area contributed by atoms with Gasteiger partial charge in [-0.25, -0.2) is 17.8 Å². The van der Waals surface area contributed by atoms with Crippen molar-refractivity contribution in [3.8, 4) is 11.6 Å². The van der Waals surface area contributed by atoms with E-state index in [1.54, 1.807) is 36.5 Å². The minimum absolute atomic E-state index is 0.305. The highest BCUT2D eigenvalue weighted by molar-refractivity contribution is 7.89. The zero-order valence-corrected chi connectivity index (χ0v) is 17.0. The number of anilines is 1. The fourth-order valence-corrected chi connectivity index (χ4v) is 4.66. The van der Waals surface area contributed by atoms with Crippen molar-refractivity contribution in [3.05, 3.63) is 72.2 Å². The van der Waals surface area contributed by atoms with Crippen LogP contribution in [-0.4, -0.2) is 35.8 Å². The minimum atomic E-state index is -3.41. The first kappa shape index (κ1) is 20.2. The summed E-state index contributed by atoms with van der Waals surface area (Å²) in [4.78, 5) is 8.73. The monoisotopic (exact) mass is 428 g/mol. The maximum absolute atomic E-state index is 13.0. The van der Waals surface area contributed by atoms with E-state index in [9.17, 15) is 12.8 Å². The average molecular weight is 428 g/mol. The van der Waals surface area contributed by atoms with Gasteiger partial charge in [0, 0.05) is 31.9 Å². The third kappa shape index (κ3) is 4.74. The molecular formula is C21H21FN4O3S. The Hall–Kier alpha value is -3.04. The van der Waals surface area contributed by atoms with Crippen molar-refractivity contribution in [2.45, 2.75) is 24.3 Å². The van der Waals surface area contributed by atoms with Crippen LogP contribution in [0.1, 0.15) is 18.4 Å². The second-order valence-corrected chi connectivity index (χ2v) is 8.82. The molecule has 1 aromatic heterocycles. The highest BCUT2D eigenvalue weighted by Crippen LogP contribution is 2.22. The number of hydrogen-bond acceptors (Lipinski definition) is 6. The second-order valence-electron chi connectivity index (χ2n) is 6.88. The zero-order valence-electron chi connectivity index (χ0n) is 16.2. The van der Waals surface area contributed by atoms with Gasteiger partial charge in [0.05, 0.1) is 4.90 Å². The first-order valence-electron chi connectivity index (χ1n) is 9.60. The fraction of sp³-hybridized carbons (Fsp3) is 0.238. The summed E-state index contributed by atoms with van der Waals surface area (Å²) >= 11 is 0. The number of nitrogens with one attached hydrogen (secondary N) is 1. The minimum Gasteiger partial charge on any atom is -0.439 e. The molecule has 2 aromatic carbocycles. The van der Waals surface area contributed by atoms with Crippen molar-refractivity contribution >= 4 is 16.0 Å². The molecule has 1 fully saturated rings. The number of aromatic nitrogens is 2. The van der Waals surface area contributed by atoms with Crippen LogP contribution in [0.4, 0.5) is 10.3 Å². The molecule has 0 amide bonds. The molecule has 1 saturated heterocycles. The van der Waals surface area contributed by atoms with Crippen LogP contribution in [0.5, 0.6) is 11.6 Å². The van der Waals surface area contributed by atoms with Crippen LogP contribution < -0.4 is 10.1 Å². The number of sulfonamides is 1. The molecule has 0 aliphatic carbocycles. The lowest BCUT2D eigenvalue weighted by Crippen LogP contribution is -2.27. The van der Waals surface area contributed by atoms with Gasteiger partial charge >= 0.3 is 0 Å². The van der Waals surface area contributed by atoms with Crippen LogP contribution in [-0.2, 0) is 16.6 Å². The van der Waals surface area contributed by atoms with Crippen LogP contribution in [0.3, 0.4) is 0 Å². The Morgan fingerprint density at radius 2 is 1.70 bits per heavy atom. The summed E-state index contributed by atoms with van der Waals surface area (Å²) in [6.45, 7) is 1.59. The molecule has 1 aliphatic rings. The largest absolute Gasteiger partial charge is 0.439 e. The molecule has 0 spiro atoms. The quantitative estimate of drug-likeness (QED) is 0.616. The number of ether oxygens (including phenoxy) is 1. The number of nitrogens with zero attached hydrogens (tertiary/aromatic N) is 3. The molecule has 0 atom stereocenters. The van der Waals surface area contributed by atoms with Gasteiger partial charge in [-0.15, -0.1) is 0 Å². The molecule has 2 heterocycles. The van der Waals surface area contributed by atoms with Gasteiger partial charge in [-0.1, -0.05) is 12.1 Å². The Bertz CT molecular complexity index is 1100. The molecule has 7 nitrogen and oxygen atoms in total. The number of benzene rings is 2. The lowest BCUT2D eigenvalue weighted by atomic mass is 10.2. The first-order chi connectivity index (χ1) is 14.5.